The zero-order valence-electron chi connectivity index (χ0n) is 47.6. The van der Waals surface area contributed by atoms with Gasteiger partial charge in [-0.2, -0.15) is 0 Å². The second kappa shape index (κ2) is 43.0. The number of carboxylic acid groups (broad SMARTS) is 1. The van der Waals surface area contributed by atoms with Crippen molar-refractivity contribution in [1.82, 2.24) is 31.6 Å². The average molecular weight is 1070 g/mol. The van der Waals surface area contributed by atoms with Crippen LogP contribution in [0.5, 0.6) is 0 Å². The summed E-state index contributed by atoms with van der Waals surface area (Å²) in [5, 5.41) is 24.1. The Kier molecular flexibility index (Phi) is 38.0. The van der Waals surface area contributed by atoms with Crippen molar-refractivity contribution in [2.45, 2.75) is 258 Å². The molecule has 1 aromatic carbocycles. The molecule has 0 aliphatic heterocycles. The van der Waals surface area contributed by atoms with E-state index in [0.717, 1.165) is 93.5 Å². The van der Waals surface area contributed by atoms with Crippen LogP contribution in [0.3, 0.4) is 0 Å². The molecule has 2 aromatic rings. The fourth-order valence-corrected chi connectivity index (χ4v) is 9.36. The van der Waals surface area contributed by atoms with Crippen LogP contribution in [0, 0.1) is 5.92 Å². The average Bonchev–Trinajstić information content (AvgIpc) is 3.81. The minimum atomic E-state index is -1.50. The van der Waals surface area contributed by atoms with Gasteiger partial charge in [0.2, 0.25) is 29.5 Å². The number of para-hydroxylation sites is 1. The Balaban J connectivity index is 2.04. The zero-order chi connectivity index (χ0) is 55.6. The number of aromatic nitrogens is 1. The highest BCUT2D eigenvalue weighted by atomic mass is 16.5. The minimum absolute atomic E-state index is 0.0252. The van der Waals surface area contributed by atoms with Crippen LogP contribution in [-0.4, -0.2) is 102 Å². The van der Waals surface area contributed by atoms with Gasteiger partial charge in [-0.05, 0) is 43.2 Å². The number of H-pyrrole nitrogens is 1. The maximum Gasteiger partial charge on any atom is 0.306 e. The zero-order valence-corrected chi connectivity index (χ0v) is 47.6. The van der Waals surface area contributed by atoms with E-state index in [-0.39, 0.29) is 56.0 Å². The van der Waals surface area contributed by atoms with Gasteiger partial charge < -0.3 is 46.1 Å². The number of aromatic amines is 1. The number of esters is 1. The molecule has 1 heterocycles. The van der Waals surface area contributed by atoms with Crippen LogP contribution in [0.1, 0.15) is 233 Å². The molecule has 16 nitrogen and oxygen atoms in total. The van der Waals surface area contributed by atoms with Crippen LogP contribution >= 0.6 is 0 Å². The Morgan fingerprint density at radius 1 is 0.605 bits per heavy atom. The molecule has 5 atom stereocenters. The molecule has 432 valence electrons. The van der Waals surface area contributed by atoms with E-state index < -0.39 is 54.8 Å². The number of carbonyl (C=O) groups excluding carboxylic acids is 6. The van der Waals surface area contributed by atoms with Crippen molar-refractivity contribution in [1.29, 1.82) is 0 Å². The van der Waals surface area contributed by atoms with Gasteiger partial charge in [-0.1, -0.05) is 194 Å². The van der Waals surface area contributed by atoms with Crippen LogP contribution in [0.25, 0.3) is 10.9 Å². The number of aliphatic carboxylic acids is 1. The van der Waals surface area contributed by atoms with E-state index in [4.69, 9.17) is 9.47 Å². The van der Waals surface area contributed by atoms with Gasteiger partial charge in [-0.25, -0.2) is 0 Å². The third-order valence-corrected chi connectivity index (χ3v) is 14.3. The summed E-state index contributed by atoms with van der Waals surface area (Å²) >= 11 is 0. The fraction of sp³-hybridized carbons (Fsp3) is 0.750. The van der Waals surface area contributed by atoms with Crippen molar-refractivity contribution in [3.63, 3.8) is 0 Å². The van der Waals surface area contributed by atoms with E-state index in [0.29, 0.717) is 32.1 Å². The summed E-state index contributed by atoms with van der Waals surface area (Å²) in [4.78, 5) is 94.9. The predicted octanol–water partition coefficient (Wildman–Crippen LogP) is 10.8. The number of carbonyl (C=O) groups is 7. The van der Waals surface area contributed by atoms with Gasteiger partial charge in [0.05, 0.1) is 38.6 Å². The third kappa shape index (κ3) is 31.9. The molecule has 0 saturated carbocycles. The highest BCUT2D eigenvalue weighted by Gasteiger charge is 2.29. The SMILES string of the molecule is CCCCCCCCCCCCCC(=O)NC(CNC(=O)C(CC(=O)O)NC(=O)CNC(=O)C(NC(=O)Cc1c[nH]c2ccccc12)C(C)CC)COCCC(CCCCCCC)OC(=O)CCCCCCCCCC. The van der Waals surface area contributed by atoms with Crippen LogP contribution < -0.4 is 26.6 Å². The first-order valence-corrected chi connectivity index (χ1v) is 29.8. The summed E-state index contributed by atoms with van der Waals surface area (Å²) in [5.41, 5.74) is 1.66. The third-order valence-electron chi connectivity index (χ3n) is 14.3. The molecule has 16 heteroatoms. The summed E-state index contributed by atoms with van der Waals surface area (Å²) in [6, 6.07) is 4.43. The Morgan fingerprint density at radius 2 is 1.17 bits per heavy atom. The Morgan fingerprint density at radius 3 is 1.76 bits per heavy atom. The first-order valence-electron chi connectivity index (χ1n) is 29.8. The molecular weight excluding hydrogens is 965 g/mol. The first-order chi connectivity index (χ1) is 36.8. The second-order valence-electron chi connectivity index (χ2n) is 21.1. The lowest BCUT2D eigenvalue weighted by molar-refractivity contribution is -0.150. The minimum Gasteiger partial charge on any atom is -0.481 e. The van der Waals surface area contributed by atoms with Crippen LogP contribution in [0.2, 0.25) is 0 Å². The number of amides is 5. The highest BCUT2D eigenvalue weighted by molar-refractivity contribution is 5.95. The van der Waals surface area contributed by atoms with Crippen molar-refractivity contribution in [3.05, 3.63) is 36.0 Å². The molecule has 0 aliphatic rings. The van der Waals surface area contributed by atoms with Gasteiger partial charge in [0.25, 0.3) is 0 Å². The number of benzene rings is 1. The second-order valence-corrected chi connectivity index (χ2v) is 21.1. The van der Waals surface area contributed by atoms with Crippen LogP contribution in [0.15, 0.2) is 30.5 Å². The highest BCUT2D eigenvalue weighted by Crippen LogP contribution is 2.20. The van der Waals surface area contributed by atoms with Crippen molar-refractivity contribution in [2.24, 2.45) is 5.92 Å². The van der Waals surface area contributed by atoms with Crippen LogP contribution in [-0.2, 0) is 49.5 Å². The van der Waals surface area contributed by atoms with E-state index in [1.165, 1.54) is 77.0 Å². The predicted molar refractivity (Wildman–Crippen MR) is 303 cm³/mol. The lowest BCUT2D eigenvalue weighted by atomic mass is 9.97. The Bertz CT molecular complexity index is 1920. The lowest BCUT2D eigenvalue weighted by Gasteiger charge is -2.24. The van der Waals surface area contributed by atoms with E-state index in [1.54, 1.807) is 6.20 Å². The molecule has 0 bridgehead atoms. The van der Waals surface area contributed by atoms with Crippen LogP contribution in [0.4, 0.5) is 0 Å². The fourth-order valence-electron chi connectivity index (χ4n) is 9.36. The van der Waals surface area contributed by atoms with Gasteiger partial charge in [0.1, 0.15) is 18.2 Å². The number of nitrogens with one attached hydrogen (secondary N) is 6. The van der Waals surface area contributed by atoms with Gasteiger partial charge in [-0.3, -0.25) is 33.6 Å². The molecule has 0 spiro atoms. The normalized spacial score (nSPS) is 13.3. The first kappa shape index (κ1) is 67.1. The van der Waals surface area contributed by atoms with E-state index in [9.17, 15) is 38.7 Å². The summed E-state index contributed by atoms with van der Waals surface area (Å²) < 4.78 is 12.1. The van der Waals surface area contributed by atoms with Gasteiger partial charge in [-0.15, -0.1) is 0 Å². The number of ether oxygens (including phenoxy) is 2. The van der Waals surface area contributed by atoms with Gasteiger partial charge in [0.15, 0.2) is 0 Å². The van der Waals surface area contributed by atoms with E-state index in [2.05, 4.69) is 52.3 Å². The van der Waals surface area contributed by atoms with Gasteiger partial charge in [0, 0.05) is 42.9 Å². The Labute approximate surface area is 456 Å². The number of fused-ring (bicyclic) bond motifs is 1. The molecule has 5 unspecified atom stereocenters. The molecule has 0 saturated heterocycles. The number of unbranched alkanes of at least 4 members (excludes halogenated alkanes) is 21. The number of rotatable bonds is 48. The molecule has 0 aliphatic carbocycles. The monoisotopic (exact) mass is 1070 g/mol. The van der Waals surface area contributed by atoms with Crippen molar-refractivity contribution in [3.8, 4) is 0 Å². The standard InChI is InChI=1S/C60H102N6O10/c1-6-10-13-16-18-20-21-22-23-26-29-36-53(67)64-48(45-75-39-38-49(33-28-25-15-12-8-3)76-57(72)37-30-27-24-19-17-14-11-7-2)43-62-59(73)52(41-56(70)71)65-55(69)44-63-60(74)58(46(5)9-4)66-54(68)40-47-42-61-51-35-32-31-34-50(47)51/h31-32,34-35,42,46,48-49,52,58,61H,6-30,33,36-41,43-45H2,1-5H3,(H,62,73)(H,63,74)(H,64,67)(H,65,69)(H,66,68)(H,70,71). The maximum atomic E-state index is 13.6. The smallest absolute Gasteiger partial charge is 0.306 e. The largest absolute Gasteiger partial charge is 0.481 e. The number of hydrogen-bond donors (Lipinski definition) is 7. The molecule has 76 heavy (non-hydrogen) atoms. The summed E-state index contributed by atoms with van der Waals surface area (Å²) in [6.07, 6.45) is 30.3. The van der Waals surface area contributed by atoms with Crippen molar-refractivity contribution in [2.75, 3.05) is 26.3 Å². The molecule has 0 radical (unpaired) electrons. The topological polar surface area (TPSA) is 234 Å². The molecule has 2 rings (SSSR count). The Hall–Kier alpha value is -4.99. The number of carboxylic acids is 1. The maximum absolute atomic E-state index is 13.6. The molecule has 7 N–H and O–H groups in total. The quantitative estimate of drug-likeness (QED) is 0.0245. The van der Waals surface area contributed by atoms with Crippen molar-refractivity contribution < 1.29 is 48.1 Å². The lowest BCUT2D eigenvalue weighted by Crippen LogP contribution is -2.55. The number of hydrogen-bond acceptors (Lipinski definition) is 9. The van der Waals surface area contributed by atoms with E-state index in [1.807, 2.05) is 38.1 Å². The molecule has 1 aromatic heterocycles. The summed E-state index contributed by atoms with van der Waals surface area (Å²) in [5.74, 6) is -4.58. The molecule has 0 fully saturated rings. The summed E-state index contributed by atoms with van der Waals surface area (Å²) in [7, 11) is 0. The van der Waals surface area contributed by atoms with Gasteiger partial charge >= 0.3 is 11.9 Å². The van der Waals surface area contributed by atoms with E-state index >= 15 is 0 Å². The molecule has 5 amide bonds. The summed E-state index contributed by atoms with van der Waals surface area (Å²) in [6.45, 7) is 9.88. The van der Waals surface area contributed by atoms with Crippen molar-refractivity contribution >= 4 is 52.4 Å². The molecular formula is C60H102N6O10.